The summed E-state index contributed by atoms with van der Waals surface area (Å²) >= 11 is 0. The standard InChI is InChI=1S/C8H12N2O3/c1-10-4-6(9-5-10)7(11)3-8(12)13-2/h4-5,7,11H,3H2,1-2H3. The van der Waals surface area contributed by atoms with Crippen LogP contribution in [0.3, 0.4) is 0 Å². The van der Waals surface area contributed by atoms with Crippen LogP contribution in [0.5, 0.6) is 0 Å². The Morgan fingerprint density at radius 1 is 1.85 bits per heavy atom. The molecule has 0 amide bonds. The van der Waals surface area contributed by atoms with Gasteiger partial charge < -0.3 is 14.4 Å². The summed E-state index contributed by atoms with van der Waals surface area (Å²) in [7, 11) is 3.08. The van der Waals surface area contributed by atoms with Gasteiger partial charge in [0.2, 0.25) is 0 Å². The molecule has 0 aliphatic rings. The molecule has 0 aliphatic carbocycles. The van der Waals surface area contributed by atoms with Gasteiger partial charge in [0.15, 0.2) is 0 Å². The van der Waals surface area contributed by atoms with Gasteiger partial charge in [0.05, 0.1) is 25.6 Å². The fourth-order valence-electron chi connectivity index (χ4n) is 0.951. The van der Waals surface area contributed by atoms with Crippen LogP contribution in [0.15, 0.2) is 12.5 Å². The molecule has 1 heterocycles. The zero-order valence-corrected chi connectivity index (χ0v) is 7.60. The molecule has 72 valence electrons. The zero-order chi connectivity index (χ0) is 9.84. The summed E-state index contributed by atoms with van der Waals surface area (Å²) in [5, 5.41) is 9.46. The first kappa shape index (κ1) is 9.73. The summed E-state index contributed by atoms with van der Waals surface area (Å²) in [6.45, 7) is 0. The van der Waals surface area contributed by atoms with Crippen LogP contribution in [-0.2, 0) is 16.6 Å². The van der Waals surface area contributed by atoms with E-state index in [9.17, 15) is 9.90 Å². The van der Waals surface area contributed by atoms with Crippen molar-refractivity contribution in [3.8, 4) is 0 Å². The van der Waals surface area contributed by atoms with Gasteiger partial charge in [-0.05, 0) is 0 Å². The van der Waals surface area contributed by atoms with Crippen molar-refractivity contribution in [2.75, 3.05) is 7.11 Å². The number of carbonyl (C=O) groups excluding carboxylic acids is 1. The summed E-state index contributed by atoms with van der Waals surface area (Å²) in [6, 6.07) is 0. The maximum absolute atomic E-state index is 10.8. The Hall–Kier alpha value is -1.36. The lowest BCUT2D eigenvalue weighted by Crippen LogP contribution is -2.08. The highest BCUT2D eigenvalue weighted by atomic mass is 16.5. The maximum atomic E-state index is 10.8. The largest absolute Gasteiger partial charge is 0.469 e. The molecule has 1 atom stereocenters. The average molecular weight is 184 g/mol. The molecule has 5 heteroatoms. The Kier molecular flexibility index (Phi) is 3.02. The van der Waals surface area contributed by atoms with Crippen LogP contribution in [0.2, 0.25) is 0 Å². The van der Waals surface area contributed by atoms with Crippen LogP contribution in [0.1, 0.15) is 18.2 Å². The van der Waals surface area contributed by atoms with Crippen LogP contribution in [0, 0.1) is 0 Å². The van der Waals surface area contributed by atoms with Crippen LogP contribution in [-0.4, -0.2) is 27.7 Å². The van der Waals surface area contributed by atoms with Crippen LogP contribution in [0.25, 0.3) is 0 Å². The molecule has 0 saturated heterocycles. The normalized spacial score (nSPS) is 12.5. The summed E-state index contributed by atoms with van der Waals surface area (Å²) in [5.41, 5.74) is 0.480. The van der Waals surface area contributed by atoms with Gasteiger partial charge in [0.1, 0.15) is 6.10 Å². The molecule has 0 aromatic carbocycles. The molecule has 0 radical (unpaired) electrons. The predicted octanol–water partition coefficient (Wildman–Crippen LogP) is 0.0166. The monoisotopic (exact) mass is 184 g/mol. The van der Waals surface area contributed by atoms with E-state index in [0.29, 0.717) is 5.69 Å². The van der Waals surface area contributed by atoms with Gasteiger partial charge in [0, 0.05) is 13.2 Å². The fraction of sp³-hybridized carbons (Fsp3) is 0.500. The van der Waals surface area contributed by atoms with Gasteiger partial charge in [-0.25, -0.2) is 4.98 Å². The van der Waals surface area contributed by atoms with E-state index in [1.54, 1.807) is 24.1 Å². The number of imidazole rings is 1. The van der Waals surface area contributed by atoms with E-state index in [2.05, 4.69) is 9.72 Å². The van der Waals surface area contributed by atoms with E-state index in [-0.39, 0.29) is 6.42 Å². The average Bonchev–Trinajstić information content (AvgIpc) is 2.51. The minimum absolute atomic E-state index is 0.0620. The molecule has 0 bridgehead atoms. The van der Waals surface area contributed by atoms with Gasteiger partial charge >= 0.3 is 5.97 Å². The number of ether oxygens (including phenoxy) is 1. The number of aliphatic hydroxyl groups excluding tert-OH is 1. The molecule has 0 aliphatic heterocycles. The quantitative estimate of drug-likeness (QED) is 0.672. The highest BCUT2D eigenvalue weighted by molar-refractivity contribution is 5.69. The first-order chi connectivity index (χ1) is 6.13. The van der Waals surface area contributed by atoms with Crippen LogP contribution >= 0.6 is 0 Å². The number of methoxy groups -OCH3 is 1. The maximum Gasteiger partial charge on any atom is 0.308 e. The molecule has 1 aromatic rings. The molecule has 1 rings (SSSR count). The number of rotatable bonds is 3. The Morgan fingerprint density at radius 2 is 2.54 bits per heavy atom. The third kappa shape index (κ3) is 2.55. The number of carbonyl (C=O) groups is 1. The van der Waals surface area contributed by atoms with E-state index in [1.807, 2.05) is 0 Å². The van der Waals surface area contributed by atoms with Crippen molar-refractivity contribution in [1.29, 1.82) is 0 Å². The number of esters is 1. The lowest BCUT2D eigenvalue weighted by molar-refractivity contribution is -0.142. The molecule has 0 fully saturated rings. The Labute approximate surface area is 76.0 Å². The van der Waals surface area contributed by atoms with E-state index >= 15 is 0 Å². The summed E-state index contributed by atoms with van der Waals surface area (Å²) < 4.78 is 6.12. The zero-order valence-electron chi connectivity index (χ0n) is 7.60. The number of hydrogen-bond acceptors (Lipinski definition) is 4. The van der Waals surface area contributed by atoms with E-state index in [4.69, 9.17) is 0 Å². The Balaban J connectivity index is 2.58. The van der Waals surface area contributed by atoms with Gasteiger partial charge in [-0.15, -0.1) is 0 Å². The van der Waals surface area contributed by atoms with Crippen molar-refractivity contribution in [2.45, 2.75) is 12.5 Å². The molecule has 0 saturated carbocycles. The van der Waals surface area contributed by atoms with Crippen molar-refractivity contribution in [3.63, 3.8) is 0 Å². The van der Waals surface area contributed by atoms with Crippen molar-refractivity contribution < 1.29 is 14.6 Å². The second-order valence-corrected chi connectivity index (χ2v) is 2.76. The third-order valence-electron chi connectivity index (χ3n) is 1.65. The van der Waals surface area contributed by atoms with Gasteiger partial charge in [0.25, 0.3) is 0 Å². The first-order valence-corrected chi connectivity index (χ1v) is 3.86. The predicted molar refractivity (Wildman–Crippen MR) is 44.8 cm³/mol. The Morgan fingerprint density at radius 3 is 3.00 bits per heavy atom. The SMILES string of the molecule is COC(=O)CC(O)c1cn(C)cn1. The third-order valence-corrected chi connectivity index (χ3v) is 1.65. The number of aliphatic hydroxyl groups is 1. The number of aryl methyl sites for hydroxylation is 1. The topological polar surface area (TPSA) is 64.3 Å². The second kappa shape index (κ2) is 4.04. The molecular formula is C8H12N2O3. The fourth-order valence-corrected chi connectivity index (χ4v) is 0.951. The van der Waals surface area contributed by atoms with Crippen molar-refractivity contribution >= 4 is 5.97 Å². The Bertz CT molecular complexity index is 295. The molecule has 5 nitrogen and oxygen atoms in total. The van der Waals surface area contributed by atoms with Crippen molar-refractivity contribution in [3.05, 3.63) is 18.2 Å². The molecule has 1 aromatic heterocycles. The van der Waals surface area contributed by atoms with E-state index in [0.717, 1.165) is 0 Å². The molecule has 0 spiro atoms. The highest BCUT2D eigenvalue weighted by Crippen LogP contribution is 2.13. The first-order valence-electron chi connectivity index (χ1n) is 3.86. The van der Waals surface area contributed by atoms with Crippen LogP contribution in [0.4, 0.5) is 0 Å². The van der Waals surface area contributed by atoms with E-state index in [1.165, 1.54) is 7.11 Å². The molecule has 13 heavy (non-hydrogen) atoms. The summed E-state index contributed by atoms with van der Waals surface area (Å²) in [4.78, 5) is 14.7. The molecule has 1 unspecified atom stereocenters. The highest BCUT2D eigenvalue weighted by Gasteiger charge is 2.14. The van der Waals surface area contributed by atoms with E-state index < -0.39 is 12.1 Å². The van der Waals surface area contributed by atoms with Crippen LogP contribution < -0.4 is 0 Å². The lowest BCUT2D eigenvalue weighted by atomic mass is 10.2. The van der Waals surface area contributed by atoms with Gasteiger partial charge in [-0.1, -0.05) is 0 Å². The van der Waals surface area contributed by atoms with Crippen molar-refractivity contribution in [1.82, 2.24) is 9.55 Å². The van der Waals surface area contributed by atoms with Gasteiger partial charge in [-0.2, -0.15) is 0 Å². The summed E-state index contributed by atoms with van der Waals surface area (Å²) in [5.74, 6) is -0.446. The summed E-state index contributed by atoms with van der Waals surface area (Å²) in [6.07, 6.45) is 2.28. The lowest BCUT2D eigenvalue weighted by Gasteiger charge is -2.04. The number of hydrogen-bond donors (Lipinski definition) is 1. The molecule has 1 N–H and O–H groups in total. The molecular weight excluding hydrogens is 172 g/mol. The second-order valence-electron chi connectivity index (χ2n) is 2.76. The smallest absolute Gasteiger partial charge is 0.308 e. The number of nitrogens with zero attached hydrogens (tertiary/aromatic N) is 2. The van der Waals surface area contributed by atoms with Gasteiger partial charge in [-0.3, -0.25) is 4.79 Å². The van der Waals surface area contributed by atoms with Crippen molar-refractivity contribution in [2.24, 2.45) is 7.05 Å². The number of aromatic nitrogens is 2. The minimum Gasteiger partial charge on any atom is -0.469 e. The minimum atomic E-state index is -0.881.